The molecule has 0 unspecified atom stereocenters. The minimum absolute atomic E-state index is 0. The number of carboxylic acid groups (broad SMARTS) is 1. The summed E-state index contributed by atoms with van der Waals surface area (Å²) in [5.41, 5.74) is 0. The van der Waals surface area contributed by atoms with E-state index in [4.69, 9.17) is 0 Å². The number of Topliss-reactive ketones (excluding diaryl/α,β-unsaturated/α-hetero) is 1. The first-order valence-electron chi connectivity index (χ1n) is 2.42. The van der Waals surface area contributed by atoms with Crippen molar-refractivity contribution in [2.75, 3.05) is 0 Å². The zero-order valence-corrected chi connectivity index (χ0v) is 5.64. The van der Waals surface area contributed by atoms with Gasteiger partial charge in [-0.2, -0.15) is 0 Å². The molecule has 0 fully saturated rings. The van der Waals surface area contributed by atoms with Crippen molar-refractivity contribution in [3.8, 4) is 0 Å². The summed E-state index contributed by atoms with van der Waals surface area (Å²) in [6, 6.07) is 0. The van der Waals surface area contributed by atoms with E-state index in [1.807, 2.05) is 0 Å². The molecule has 3 nitrogen and oxygen atoms in total. The molecule has 0 aromatic rings. The molecule has 0 aliphatic heterocycles. The van der Waals surface area contributed by atoms with Crippen molar-refractivity contribution in [1.29, 1.82) is 0 Å². The maximum atomic E-state index is 10.1. The van der Waals surface area contributed by atoms with Gasteiger partial charge in [0.1, 0.15) is 5.97 Å². The topological polar surface area (TPSA) is 57.2 Å². The molecule has 0 aromatic heterocycles. The normalized spacial score (nSPS) is 7.67. The van der Waals surface area contributed by atoms with Gasteiger partial charge in [-0.25, -0.2) is 0 Å². The van der Waals surface area contributed by atoms with E-state index < -0.39 is 11.8 Å². The van der Waals surface area contributed by atoms with Crippen molar-refractivity contribution in [2.24, 2.45) is 0 Å². The second-order valence-electron chi connectivity index (χ2n) is 1.46. The molecule has 46 valence electrons. The monoisotopic (exact) mass is 122 g/mol. The molecule has 0 saturated heterocycles. The summed E-state index contributed by atoms with van der Waals surface area (Å²) in [7, 11) is 0. The van der Waals surface area contributed by atoms with Gasteiger partial charge in [0.25, 0.3) is 0 Å². The molecule has 4 heteroatoms. The van der Waals surface area contributed by atoms with Gasteiger partial charge in [-0.05, 0) is 6.42 Å². The maximum absolute atomic E-state index is 10.1. The first kappa shape index (κ1) is 11.5. The van der Waals surface area contributed by atoms with Crippen LogP contribution in [0.3, 0.4) is 0 Å². The third-order valence-corrected chi connectivity index (χ3v) is 0.705. The van der Waals surface area contributed by atoms with Crippen LogP contribution in [0.1, 0.15) is 19.8 Å². The molecule has 9 heavy (non-hydrogen) atoms. The summed E-state index contributed by atoms with van der Waals surface area (Å²) >= 11 is 0. The Hall–Kier alpha value is -0.263. The van der Waals surface area contributed by atoms with Crippen LogP contribution >= 0.6 is 0 Å². The molecule has 0 N–H and O–H groups in total. The van der Waals surface area contributed by atoms with Crippen molar-refractivity contribution in [3.63, 3.8) is 0 Å². The van der Waals surface area contributed by atoms with Crippen LogP contribution in [0, 0.1) is 0 Å². The van der Waals surface area contributed by atoms with Crippen LogP contribution in [0.2, 0.25) is 0 Å². The minimum Gasteiger partial charge on any atom is -0.542 e. The molecule has 0 aliphatic rings. The molecule has 0 spiro atoms. The number of aliphatic carboxylic acids is 1. The van der Waals surface area contributed by atoms with Crippen LogP contribution in [0.5, 0.6) is 0 Å². The van der Waals surface area contributed by atoms with Crippen LogP contribution in [0.25, 0.3) is 0 Å². The zero-order chi connectivity index (χ0) is 6.57. The van der Waals surface area contributed by atoms with Crippen molar-refractivity contribution in [2.45, 2.75) is 19.8 Å². The Morgan fingerprint density at radius 2 is 1.89 bits per heavy atom. The van der Waals surface area contributed by atoms with Crippen LogP contribution < -0.4 is 24.0 Å². The quantitative estimate of drug-likeness (QED) is 0.284. The largest absolute Gasteiger partial charge is 1.00 e. The van der Waals surface area contributed by atoms with E-state index in [9.17, 15) is 14.7 Å². The van der Waals surface area contributed by atoms with E-state index in [-0.39, 0.29) is 25.3 Å². The second-order valence-corrected chi connectivity index (χ2v) is 1.46. The van der Waals surface area contributed by atoms with Crippen LogP contribution in [0.15, 0.2) is 0 Å². The van der Waals surface area contributed by atoms with Gasteiger partial charge in [0, 0.05) is 6.42 Å². The summed E-state index contributed by atoms with van der Waals surface area (Å²) < 4.78 is 0. The summed E-state index contributed by atoms with van der Waals surface area (Å²) in [5, 5.41) is 9.63. The fourth-order valence-corrected chi connectivity index (χ4v) is 0.329. The van der Waals surface area contributed by atoms with Crippen LogP contribution in [-0.4, -0.2) is 11.8 Å². The Balaban J connectivity index is 0. The van der Waals surface area contributed by atoms with Gasteiger partial charge in [0.2, 0.25) is 0 Å². The minimum atomic E-state index is -1.58. The Labute approximate surface area is 65.6 Å². The fourth-order valence-electron chi connectivity index (χ4n) is 0.329. The molecule has 0 saturated carbocycles. The Morgan fingerprint density at radius 1 is 1.44 bits per heavy atom. The predicted molar refractivity (Wildman–Crippen MR) is 24.9 cm³/mol. The second kappa shape index (κ2) is 5.87. The first-order chi connectivity index (χ1) is 3.68. The van der Waals surface area contributed by atoms with Crippen molar-refractivity contribution < 1.29 is 33.6 Å². The Kier molecular flexibility index (Phi) is 7.51. The number of hydrogen-bond acceptors (Lipinski definition) is 3. The van der Waals surface area contributed by atoms with Crippen molar-refractivity contribution >= 4 is 11.8 Å². The molecule has 0 aliphatic carbocycles. The van der Waals surface area contributed by atoms with Gasteiger partial charge in [-0.1, -0.05) is 6.92 Å². The number of rotatable bonds is 3. The van der Waals surface area contributed by atoms with Gasteiger partial charge in [0.15, 0.2) is 5.78 Å². The van der Waals surface area contributed by atoms with Gasteiger partial charge in [0.05, 0.1) is 0 Å². The van der Waals surface area contributed by atoms with E-state index in [1.165, 1.54) is 0 Å². The summed E-state index contributed by atoms with van der Waals surface area (Å²) in [5.74, 6) is -2.39. The molecule has 0 bridgehead atoms. The molecule has 0 heterocycles. The third-order valence-electron chi connectivity index (χ3n) is 0.705. The summed E-state index contributed by atoms with van der Waals surface area (Å²) in [6.07, 6.45) is 0.648. The van der Waals surface area contributed by atoms with Crippen molar-refractivity contribution in [1.82, 2.24) is 0 Å². The standard InChI is InChI=1S/C5H8O3.Li/c1-2-3-4(6)5(7)8;/h2-3H2,1H3,(H,7,8);/q;+1/p-1. The van der Waals surface area contributed by atoms with E-state index >= 15 is 0 Å². The predicted octanol–water partition coefficient (Wildman–Crippen LogP) is -3.89. The number of carbonyl (C=O) groups is 2. The molecule has 0 atom stereocenters. The first-order valence-corrected chi connectivity index (χ1v) is 2.42. The van der Waals surface area contributed by atoms with E-state index in [0.29, 0.717) is 6.42 Å². The molecule has 0 rings (SSSR count). The molecular weight excluding hydrogens is 115 g/mol. The molecule has 0 aromatic carbocycles. The Bertz CT molecular complexity index is 111. The fraction of sp³-hybridized carbons (Fsp3) is 0.600. The van der Waals surface area contributed by atoms with Crippen LogP contribution in [-0.2, 0) is 9.59 Å². The van der Waals surface area contributed by atoms with E-state index in [0.717, 1.165) is 0 Å². The molecule has 0 radical (unpaired) electrons. The van der Waals surface area contributed by atoms with Crippen molar-refractivity contribution in [3.05, 3.63) is 0 Å². The van der Waals surface area contributed by atoms with Gasteiger partial charge in [-0.3, -0.25) is 4.79 Å². The van der Waals surface area contributed by atoms with E-state index in [1.54, 1.807) is 6.92 Å². The van der Waals surface area contributed by atoms with Gasteiger partial charge >= 0.3 is 18.9 Å². The Morgan fingerprint density at radius 3 is 2.00 bits per heavy atom. The van der Waals surface area contributed by atoms with Gasteiger partial charge in [-0.15, -0.1) is 0 Å². The molecule has 0 amide bonds. The van der Waals surface area contributed by atoms with E-state index in [2.05, 4.69) is 0 Å². The number of hydrogen-bond donors (Lipinski definition) is 0. The van der Waals surface area contributed by atoms with Crippen LogP contribution in [0.4, 0.5) is 0 Å². The summed E-state index contributed by atoms with van der Waals surface area (Å²) in [6.45, 7) is 1.74. The number of carbonyl (C=O) groups excluding carboxylic acids is 2. The maximum Gasteiger partial charge on any atom is 1.00 e. The summed E-state index contributed by atoms with van der Waals surface area (Å²) in [4.78, 5) is 19.7. The smallest absolute Gasteiger partial charge is 0.542 e. The third kappa shape index (κ3) is 5.61. The van der Waals surface area contributed by atoms with Gasteiger partial charge < -0.3 is 9.90 Å². The average molecular weight is 122 g/mol. The molecular formula is C5H7LiO3. The average Bonchev–Trinajstić information content (AvgIpc) is 1.67. The zero-order valence-electron chi connectivity index (χ0n) is 5.64. The number of ketones is 1. The SMILES string of the molecule is CCCC(=O)C(=O)[O-].[Li+]. The number of carboxylic acids is 1.